The van der Waals surface area contributed by atoms with Gasteiger partial charge in [-0.05, 0) is 24.3 Å². The molecule has 0 N–H and O–H groups in total. The van der Waals surface area contributed by atoms with Crippen LogP contribution in [0.3, 0.4) is 0 Å². The van der Waals surface area contributed by atoms with E-state index in [-0.39, 0.29) is 16.7 Å². The fraction of sp³-hybridized carbons (Fsp3) is 0.368. The Bertz CT molecular complexity index is 900. The van der Waals surface area contributed by atoms with Gasteiger partial charge in [0.05, 0.1) is 24.8 Å². The normalized spacial score (nSPS) is 14.7. The van der Waals surface area contributed by atoms with Crippen molar-refractivity contribution in [1.29, 1.82) is 0 Å². The maximum absolute atomic E-state index is 12.8. The number of alkyl halides is 3. The van der Waals surface area contributed by atoms with Crippen molar-refractivity contribution in [2.24, 2.45) is 0 Å². The number of hydrogen-bond donors (Lipinski definition) is 0. The molecular weight excluding hydrogens is 411 g/mol. The first-order chi connectivity index (χ1) is 13.7. The summed E-state index contributed by atoms with van der Waals surface area (Å²) in [6.45, 7) is 1.56. The van der Waals surface area contributed by atoms with Crippen LogP contribution in [0.5, 0.6) is 11.5 Å². The molecule has 1 aromatic carbocycles. The van der Waals surface area contributed by atoms with Crippen molar-refractivity contribution in [2.75, 3.05) is 45.3 Å². The van der Waals surface area contributed by atoms with E-state index in [2.05, 4.69) is 4.98 Å². The third kappa shape index (κ3) is 4.50. The molecule has 0 bridgehead atoms. The van der Waals surface area contributed by atoms with Crippen molar-refractivity contribution in [3.63, 3.8) is 0 Å². The molecule has 2 heterocycles. The van der Waals surface area contributed by atoms with E-state index in [4.69, 9.17) is 21.1 Å². The molecule has 6 nitrogen and oxygen atoms in total. The van der Waals surface area contributed by atoms with Crippen LogP contribution < -0.4 is 14.4 Å². The molecule has 0 unspecified atom stereocenters. The number of anilines is 1. The summed E-state index contributed by atoms with van der Waals surface area (Å²) in [5, 5.41) is -0.0699. The van der Waals surface area contributed by atoms with Gasteiger partial charge in [-0.2, -0.15) is 13.2 Å². The fourth-order valence-electron chi connectivity index (χ4n) is 3.09. The van der Waals surface area contributed by atoms with Gasteiger partial charge in [0.1, 0.15) is 5.82 Å². The van der Waals surface area contributed by atoms with Gasteiger partial charge in [-0.3, -0.25) is 4.79 Å². The molecule has 1 fully saturated rings. The van der Waals surface area contributed by atoms with Gasteiger partial charge in [0, 0.05) is 37.9 Å². The van der Waals surface area contributed by atoms with E-state index in [0.717, 1.165) is 12.3 Å². The summed E-state index contributed by atoms with van der Waals surface area (Å²) in [4.78, 5) is 20.1. The molecule has 3 rings (SSSR count). The van der Waals surface area contributed by atoms with Crippen molar-refractivity contribution < 1.29 is 27.4 Å². The first kappa shape index (κ1) is 21.0. The third-order valence-corrected chi connectivity index (χ3v) is 4.92. The quantitative estimate of drug-likeness (QED) is 0.741. The predicted molar refractivity (Wildman–Crippen MR) is 102 cm³/mol. The highest BCUT2D eigenvalue weighted by Crippen LogP contribution is 2.34. The van der Waals surface area contributed by atoms with Crippen LogP contribution in [0, 0.1) is 0 Å². The minimum atomic E-state index is -4.50. The van der Waals surface area contributed by atoms with Crippen molar-refractivity contribution >= 4 is 23.3 Å². The second kappa shape index (κ2) is 8.36. The number of methoxy groups -OCH3 is 2. The lowest BCUT2D eigenvalue weighted by Crippen LogP contribution is -2.49. The first-order valence-corrected chi connectivity index (χ1v) is 9.11. The molecule has 0 atom stereocenters. The summed E-state index contributed by atoms with van der Waals surface area (Å²) in [6.07, 6.45) is -3.73. The number of aromatic nitrogens is 1. The summed E-state index contributed by atoms with van der Waals surface area (Å²) in [5.74, 6) is 1.09. The van der Waals surface area contributed by atoms with E-state index in [9.17, 15) is 18.0 Å². The topological polar surface area (TPSA) is 54.9 Å². The number of carbonyl (C=O) groups excluding carboxylic acids is 1. The van der Waals surface area contributed by atoms with Gasteiger partial charge in [-0.25, -0.2) is 4.98 Å². The Morgan fingerprint density at radius 1 is 1.07 bits per heavy atom. The fourth-order valence-corrected chi connectivity index (χ4v) is 3.38. The van der Waals surface area contributed by atoms with E-state index >= 15 is 0 Å². The second-order valence-corrected chi connectivity index (χ2v) is 6.78. The molecule has 1 aliphatic heterocycles. The zero-order valence-corrected chi connectivity index (χ0v) is 16.5. The Morgan fingerprint density at radius 2 is 1.72 bits per heavy atom. The predicted octanol–water partition coefficient (Wildman–Crippen LogP) is 3.73. The lowest BCUT2D eigenvalue weighted by molar-refractivity contribution is -0.137. The number of ether oxygens (including phenoxy) is 2. The Morgan fingerprint density at radius 3 is 2.28 bits per heavy atom. The molecule has 0 saturated carbocycles. The molecule has 0 aliphatic carbocycles. The lowest BCUT2D eigenvalue weighted by Gasteiger charge is -2.36. The number of piperazine rings is 1. The number of rotatable bonds is 4. The van der Waals surface area contributed by atoms with Gasteiger partial charge in [-0.1, -0.05) is 11.6 Å². The maximum Gasteiger partial charge on any atom is 0.417 e. The molecule has 1 aromatic heterocycles. The van der Waals surface area contributed by atoms with Crippen LogP contribution in [0.25, 0.3) is 0 Å². The van der Waals surface area contributed by atoms with Gasteiger partial charge < -0.3 is 19.3 Å². The number of nitrogens with zero attached hydrogens (tertiary/aromatic N) is 3. The molecule has 156 valence electrons. The number of carbonyl (C=O) groups is 1. The minimum Gasteiger partial charge on any atom is -0.493 e. The average Bonchev–Trinajstić information content (AvgIpc) is 2.72. The van der Waals surface area contributed by atoms with E-state index in [1.54, 1.807) is 28.0 Å². The first-order valence-electron chi connectivity index (χ1n) is 8.73. The average molecular weight is 430 g/mol. The highest BCUT2D eigenvalue weighted by Gasteiger charge is 2.32. The van der Waals surface area contributed by atoms with E-state index < -0.39 is 11.7 Å². The molecule has 2 aromatic rings. The Balaban J connectivity index is 1.68. The van der Waals surface area contributed by atoms with Crippen LogP contribution in [-0.2, 0) is 6.18 Å². The Hall–Kier alpha value is -2.68. The van der Waals surface area contributed by atoms with Crippen LogP contribution in [0.1, 0.15) is 15.9 Å². The van der Waals surface area contributed by atoms with Crippen LogP contribution in [0.15, 0.2) is 30.5 Å². The van der Waals surface area contributed by atoms with Crippen molar-refractivity contribution in [3.8, 4) is 11.5 Å². The summed E-state index contributed by atoms with van der Waals surface area (Å²) >= 11 is 6.02. The Labute approximate surface area is 170 Å². The molecule has 0 radical (unpaired) electrons. The van der Waals surface area contributed by atoms with E-state index in [1.165, 1.54) is 14.2 Å². The highest BCUT2D eigenvalue weighted by atomic mass is 35.5. The molecule has 1 amide bonds. The highest BCUT2D eigenvalue weighted by molar-refractivity contribution is 6.33. The van der Waals surface area contributed by atoms with E-state index in [1.807, 2.05) is 0 Å². The number of amides is 1. The minimum absolute atomic E-state index is 0.0699. The zero-order valence-electron chi connectivity index (χ0n) is 15.8. The Kier molecular flexibility index (Phi) is 6.07. The van der Waals surface area contributed by atoms with Crippen molar-refractivity contribution in [2.45, 2.75) is 6.18 Å². The largest absolute Gasteiger partial charge is 0.493 e. The lowest BCUT2D eigenvalue weighted by atomic mass is 10.1. The van der Waals surface area contributed by atoms with Crippen LogP contribution in [-0.4, -0.2) is 56.2 Å². The summed E-state index contributed by atoms with van der Waals surface area (Å²) in [7, 11) is 3.00. The van der Waals surface area contributed by atoms with Crippen LogP contribution >= 0.6 is 11.6 Å². The summed E-state index contributed by atoms with van der Waals surface area (Å²) in [6, 6.07) is 5.80. The molecule has 1 saturated heterocycles. The van der Waals surface area contributed by atoms with E-state index in [0.29, 0.717) is 43.2 Å². The zero-order chi connectivity index (χ0) is 21.2. The van der Waals surface area contributed by atoms with Crippen LogP contribution in [0.2, 0.25) is 5.02 Å². The van der Waals surface area contributed by atoms with Gasteiger partial charge >= 0.3 is 6.18 Å². The maximum atomic E-state index is 12.8. The number of halogens is 4. The smallest absolute Gasteiger partial charge is 0.417 e. The molecule has 10 heteroatoms. The summed E-state index contributed by atoms with van der Waals surface area (Å²) < 4.78 is 48.7. The van der Waals surface area contributed by atoms with Crippen LogP contribution in [0.4, 0.5) is 19.0 Å². The van der Waals surface area contributed by atoms with Gasteiger partial charge in [0.15, 0.2) is 11.5 Å². The molecule has 29 heavy (non-hydrogen) atoms. The molecule has 1 aliphatic rings. The summed E-state index contributed by atoms with van der Waals surface area (Å²) in [5.41, 5.74) is -0.435. The SMILES string of the molecule is COc1ccc(C(=O)N2CCN(c3ncc(C(F)(F)F)cc3Cl)CC2)cc1OC. The number of benzene rings is 1. The third-order valence-electron chi connectivity index (χ3n) is 4.65. The van der Waals surface area contributed by atoms with Gasteiger partial charge in [0.25, 0.3) is 5.91 Å². The van der Waals surface area contributed by atoms with Crippen molar-refractivity contribution in [1.82, 2.24) is 9.88 Å². The van der Waals surface area contributed by atoms with Gasteiger partial charge in [0.2, 0.25) is 0 Å². The monoisotopic (exact) mass is 429 g/mol. The van der Waals surface area contributed by atoms with Crippen molar-refractivity contribution in [3.05, 3.63) is 46.6 Å². The molecular formula is C19H19ClF3N3O3. The standard InChI is InChI=1S/C19H19ClF3N3O3/c1-28-15-4-3-12(9-16(15)29-2)18(27)26-7-5-25(6-8-26)17-14(20)10-13(11-24-17)19(21,22)23/h3-4,9-11H,5-8H2,1-2H3. The molecule has 0 spiro atoms. The number of hydrogen-bond acceptors (Lipinski definition) is 5. The second-order valence-electron chi connectivity index (χ2n) is 6.38. The number of pyridine rings is 1. The van der Waals surface area contributed by atoms with Gasteiger partial charge in [-0.15, -0.1) is 0 Å².